The number of rotatable bonds is 2. The number of ether oxygens (including phenoxy) is 1. The summed E-state index contributed by atoms with van der Waals surface area (Å²) in [6.45, 7) is 3.32. The Kier molecular flexibility index (Phi) is 2.58. The summed E-state index contributed by atoms with van der Waals surface area (Å²) in [6, 6.07) is 0. The number of morpholine rings is 1. The van der Waals surface area contributed by atoms with Crippen molar-refractivity contribution in [1.82, 2.24) is 20.1 Å². The quantitative estimate of drug-likeness (QED) is 0.805. The molecule has 0 aliphatic carbocycles. The molecule has 6 nitrogen and oxygen atoms in total. The number of H-pyrrole nitrogens is 1. The highest BCUT2D eigenvalue weighted by atomic mass is 16.5. The lowest BCUT2D eigenvalue weighted by Crippen LogP contribution is -2.46. The van der Waals surface area contributed by atoms with Gasteiger partial charge in [0.05, 0.1) is 12.2 Å². The number of aromatic amines is 1. The highest BCUT2D eigenvalue weighted by molar-refractivity contribution is 5.90. The fourth-order valence-electron chi connectivity index (χ4n) is 2.47. The van der Waals surface area contributed by atoms with Crippen LogP contribution in [0, 0.1) is 0 Å². The van der Waals surface area contributed by atoms with Crippen molar-refractivity contribution in [3.63, 3.8) is 0 Å². The monoisotopic (exact) mass is 236 g/mol. The molecule has 1 N–H and O–H groups in total. The average molecular weight is 236 g/mol. The first-order valence-electron chi connectivity index (χ1n) is 6.12. The third-order valence-corrected chi connectivity index (χ3v) is 3.39. The number of carbonyl (C=O) groups excluding carboxylic acids is 1. The summed E-state index contributed by atoms with van der Waals surface area (Å²) < 4.78 is 5.70. The molecule has 0 aromatic carbocycles. The average Bonchev–Trinajstić information content (AvgIpc) is 2.95. The van der Waals surface area contributed by atoms with Gasteiger partial charge in [0, 0.05) is 19.5 Å². The molecule has 17 heavy (non-hydrogen) atoms. The van der Waals surface area contributed by atoms with Crippen LogP contribution in [0.5, 0.6) is 0 Å². The van der Waals surface area contributed by atoms with Crippen LogP contribution >= 0.6 is 0 Å². The first kappa shape index (κ1) is 10.7. The third kappa shape index (κ3) is 1.93. The van der Waals surface area contributed by atoms with Gasteiger partial charge in [-0.25, -0.2) is 4.98 Å². The molecular weight excluding hydrogens is 220 g/mol. The summed E-state index contributed by atoms with van der Waals surface area (Å²) >= 11 is 0. The lowest BCUT2D eigenvalue weighted by Gasteiger charge is -2.31. The Morgan fingerprint density at radius 3 is 2.76 bits per heavy atom. The van der Waals surface area contributed by atoms with Crippen molar-refractivity contribution in [1.29, 1.82) is 0 Å². The number of aryl methyl sites for hydroxylation is 1. The van der Waals surface area contributed by atoms with E-state index < -0.39 is 0 Å². The molecule has 0 saturated carbocycles. The number of carbonyl (C=O) groups is 1. The van der Waals surface area contributed by atoms with Gasteiger partial charge in [-0.1, -0.05) is 6.92 Å². The molecule has 92 valence electrons. The van der Waals surface area contributed by atoms with Crippen molar-refractivity contribution in [2.75, 3.05) is 13.1 Å². The Bertz CT molecular complexity index is 419. The summed E-state index contributed by atoms with van der Waals surface area (Å²) in [7, 11) is 0. The number of amides is 1. The van der Waals surface area contributed by atoms with Crippen LogP contribution in [0.15, 0.2) is 0 Å². The molecule has 0 spiro atoms. The van der Waals surface area contributed by atoms with Crippen LogP contribution in [0.25, 0.3) is 0 Å². The molecule has 2 aliphatic heterocycles. The van der Waals surface area contributed by atoms with E-state index in [0.717, 1.165) is 25.1 Å². The van der Waals surface area contributed by atoms with Crippen LogP contribution in [0.3, 0.4) is 0 Å². The molecule has 0 radical (unpaired) electrons. The lowest BCUT2D eigenvalue weighted by atomic mass is 10.2. The Labute approximate surface area is 99.4 Å². The molecule has 1 amide bonds. The highest BCUT2D eigenvalue weighted by Gasteiger charge is 2.36. The second-order valence-electron chi connectivity index (χ2n) is 4.63. The summed E-state index contributed by atoms with van der Waals surface area (Å²) in [5, 5.41) is 6.74. The second-order valence-corrected chi connectivity index (χ2v) is 4.63. The molecule has 2 unspecified atom stereocenters. The van der Waals surface area contributed by atoms with E-state index in [-0.39, 0.29) is 23.9 Å². The minimum Gasteiger partial charge on any atom is -0.371 e. The largest absolute Gasteiger partial charge is 0.371 e. The molecule has 3 heterocycles. The van der Waals surface area contributed by atoms with Crippen molar-refractivity contribution in [3.8, 4) is 0 Å². The fourth-order valence-corrected chi connectivity index (χ4v) is 2.47. The molecule has 1 aromatic rings. The van der Waals surface area contributed by atoms with Crippen LogP contribution in [0.1, 0.15) is 36.2 Å². The summed E-state index contributed by atoms with van der Waals surface area (Å²) in [5.74, 6) is 0.953. The molecular formula is C11H16N4O2. The Morgan fingerprint density at radius 1 is 1.47 bits per heavy atom. The van der Waals surface area contributed by atoms with Gasteiger partial charge < -0.3 is 9.64 Å². The lowest BCUT2D eigenvalue weighted by molar-refractivity contribution is -0.0307. The van der Waals surface area contributed by atoms with Gasteiger partial charge in [-0.2, -0.15) is 0 Å². The van der Waals surface area contributed by atoms with E-state index in [9.17, 15) is 4.79 Å². The van der Waals surface area contributed by atoms with E-state index in [0.29, 0.717) is 13.1 Å². The van der Waals surface area contributed by atoms with Crippen LogP contribution in [0.4, 0.5) is 0 Å². The minimum absolute atomic E-state index is 0.0823. The summed E-state index contributed by atoms with van der Waals surface area (Å²) in [4.78, 5) is 18.2. The molecule has 6 heteroatoms. The smallest absolute Gasteiger partial charge is 0.293 e. The van der Waals surface area contributed by atoms with Gasteiger partial charge in [0.25, 0.3) is 5.91 Å². The molecule has 2 bridgehead atoms. The molecule has 2 saturated heterocycles. The maximum Gasteiger partial charge on any atom is 0.293 e. The zero-order valence-electron chi connectivity index (χ0n) is 9.85. The molecule has 2 atom stereocenters. The topological polar surface area (TPSA) is 71.1 Å². The van der Waals surface area contributed by atoms with E-state index in [2.05, 4.69) is 15.2 Å². The number of hydrogen-bond acceptors (Lipinski definition) is 4. The maximum atomic E-state index is 12.2. The van der Waals surface area contributed by atoms with E-state index in [1.165, 1.54) is 0 Å². The summed E-state index contributed by atoms with van der Waals surface area (Å²) in [5.41, 5.74) is 0. The molecule has 2 aliphatic rings. The van der Waals surface area contributed by atoms with Crippen molar-refractivity contribution >= 4 is 5.91 Å². The van der Waals surface area contributed by atoms with E-state index in [1.54, 1.807) is 0 Å². The first-order chi connectivity index (χ1) is 8.26. The fraction of sp³-hybridized carbons (Fsp3) is 0.727. The van der Waals surface area contributed by atoms with Crippen molar-refractivity contribution in [3.05, 3.63) is 11.6 Å². The summed E-state index contributed by atoms with van der Waals surface area (Å²) in [6.07, 6.45) is 3.30. The zero-order valence-corrected chi connectivity index (χ0v) is 9.85. The van der Waals surface area contributed by atoms with Gasteiger partial charge in [-0.3, -0.25) is 9.89 Å². The van der Waals surface area contributed by atoms with Crippen LogP contribution in [0.2, 0.25) is 0 Å². The third-order valence-electron chi connectivity index (χ3n) is 3.39. The van der Waals surface area contributed by atoms with E-state index in [4.69, 9.17) is 4.74 Å². The van der Waals surface area contributed by atoms with Gasteiger partial charge in [-0.15, -0.1) is 5.10 Å². The minimum atomic E-state index is -0.0823. The number of nitrogens with one attached hydrogen (secondary N) is 1. The number of nitrogens with zero attached hydrogens (tertiary/aromatic N) is 3. The van der Waals surface area contributed by atoms with Crippen molar-refractivity contribution < 1.29 is 9.53 Å². The van der Waals surface area contributed by atoms with Crippen LogP contribution < -0.4 is 0 Å². The van der Waals surface area contributed by atoms with E-state index >= 15 is 0 Å². The Morgan fingerprint density at radius 2 is 2.18 bits per heavy atom. The van der Waals surface area contributed by atoms with Gasteiger partial charge in [0.15, 0.2) is 0 Å². The number of hydrogen-bond donors (Lipinski definition) is 1. The van der Waals surface area contributed by atoms with Gasteiger partial charge in [-0.05, 0) is 12.8 Å². The molecule has 3 rings (SSSR count). The number of aromatic nitrogens is 3. The van der Waals surface area contributed by atoms with Gasteiger partial charge >= 0.3 is 0 Å². The Balaban J connectivity index is 1.73. The normalized spacial score (nSPS) is 27.5. The van der Waals surface area contributed by atoms with Gasteiger partial charge in [0.2, 0.25) is 5.82 Å². The predicted octanol–water partition coefficient (Wildman–Crippen LogP) is 0.370. The van der Waals surface area contributed by atoms with Crippen molar-refractivity contribution in [2.24, 2.45) is 0 Å². The SMILES string of the molecule is CCc1nc(C(=O)N2CC3CCC(C2)O3)n[nH]1. The van der Waals surface area contributed by atoms with Crippen LogP contribution in [-0.2, 0) is 11.2 Å². The molecule has 1 aromatic heterocycles. The van der Waals surface area contributed by atoms with Crippen LogP contribution in [-0.4, -0.2) is 51.3 Å². The van der Waals surface area contributed by atoms with Crippen molar-refractivity contribution in [2.45, 2.75) is 38.4 Å². The zero-order chi connectivity index (χ0) is 11.8. The number of fused-ring (bicyclic) bond motifs is 2. The second kappa shape index (κ2) is 4.10. The number of likely N-dealkylation sites (tertiary alicyclic amines) is 1. The van der Waals surface area contributed by atoms with E-state index in [1.807, 2.05) is 11.8 Å². The van der Waals surface area contributed by atoms with Gasteiger partial charge in [0.1, 0.15) is 5.82 Å². The molecule has 2 fully saturated rings. The predicted molar refractivity (Wildman–Crippen MR) is 59.6 cm³/mol. The Hall–Kier alpha value is -1.43. The first-order valence-corrected chi connectivity index (χ1v) is 6.12. The highest BCUT2D eigenvalue weighted by Crippen LogP contribution is 2.26. The standard InChI is InChI=1S/C11H16N4O2/c1-2-9-12-10(14-13-9)11(16)15-5-7-3-4-8(6-15)17-7/h7-8H,2-6H2,1H3,(H,12,13,14). The maximum absolute atomic E-state index is 12.2.